The fourth-order valence-electron chi connectivity index (χ4n) is 6.30. The highest BCUT2D eigenvalue weighted by Crippen LogP contribution is 2.43. The maximum atomic E-state index is 11.8. The first kappa shape index (κ1) is 36.5. The Balaban J connectivity index is 1.65. The van der Waals surface area contributed by atoms with Gasteiger partial charge >= 0.3 is 0 Å². The number of carbonyl (C=O) groups is 1. The van der Waals surface area contributed by atoms with Crippen LogP contribution in [0.15, 0.2) is 23.8 Å². The van der Waals surface area contributed by atoms with E-state index in [1.165, 1.54) is 5.57 Å². The Morgan fingerprint density at radius 1 is 1.02 bits per heavy atom. The van der Waals surface area contributed by atoms with Crippen LogP contribution < -0.4 is 4.72 Å². The summed E-state index contributed by atoms with van der Waals surface area (Å²) in [6.07, 6.45) is 20.1. The van der Waals surface area contributed by atoms with Crippen molar-refractivity contribution in [3.8, 4) is 0 Å². The second kappa shape index (κ2) is 18.9. The Labute approximate surface area is 265 Å². The van der Waals surface area contributed by atoms with Crippen LogP contribution in [0.4, 0.5) is 0 Å². The van der Waals surface area contributed by atoms with Gasteiger partial charge in [-0.25, -0.2) is 8.42 Å². The molecule has 0 aromatic rings. The van der Waals surface area contributed by atoms with Crippen molar-refractivity contribution in [1.29, 1.82) is 0 Å². The highest BCUT2D eigenvalue weighted by Gasteiger charge is 2.42. The molecule has 1 N–H and O–H groups in total. The van der Waals surface area contributed by atoms with E-state index in [-0.39, 0.29) is 48.4 Å². The Kier molecular flexibility index (Phi) is 16.0. The van der Waals surface area contributed by atoms with Crippen molar-refractivity contribution in [2.75, 3.05) is 19.5 Å². The molecule has 8 nitrogen and oxygen atoms in total. The third-order valence-corrected chi connectivity index (χ3v) is 9.83. The number of hydrogen-bond acceptors (Lipinski definition) is 7. The van der Waals surface area contributed by atoms with Gasteiger partial charge in [0.2, 0.25) is 15.9 Å². The van der Waals surface area contributed by atoms with Crippen LogP contribution in [-0.2, 0) is 33.8 Å². The molecule has 8 atom stereocenters. The summed E-state index contributed by atoms with van der Waals surface area (Å²) in [5.74, 6) is 0.273. The largest absolute Gasteiger partial charge is 0.353 e. The van der Waals surface area contributed by atoms with Gasteiger partial charge in [0.1, 0.15) is 0 Å². The van der Waals surface area contributed by atoms with Crippen LogP contribution in [0.1, 0.15) is 111 Å². The van der Waals surface area contributed by atoms with E-state index in [4.69, 9.17) is 30.5 Å². The number of nitrogens with one attached hydrogen (secondary N) is 1. The highest BCUT2D eigenvalue weighted by atomic mass is 35.5. The molecular formula is C33H56ClNO7S. The van der Waals surface area contributed by atoms with E-state index in [0.717, 1.165) is 96.5 Å². The molecule has 3 fully saturated rings. The van der Waals surface area contributed by atoms with Gasteiger partial charge in [-0.05, 0) is 89.9 Å². The van der Waals surface area contributed by atoms with Crippen molar-refractivity contribution < 1.29 is 32.2 Å². The molecule has 248 valence electrons. The van der Waals surface area contributed by atoms with Gasteiger partial charge < -0.3 is 18.9 Å². The lowest BCUT2D eigenvalue weighted by atomic mass is 9.88. The summed E-state index contributed by atoms with van der Waals surface area (Å²) in [6, 6.07) is 0. The Morgan fingerprint density at radius 3 is 2.33 bits per heavy atom. The molecular weight excluding hydrogens is 590 g/mol. The number of carbonyl (C=O) groups excluding carboxylic acids is 1. The molecule has 2 saturated heterocycles. The van der Waals surface area contributed by atoms with Crippen molar-refractivity contribution in [3.05, 3.63) is 23.8 Å². The van der Waals surface area contributed by atoms with Gasteiger partial charge in [-0.15, -0.1) is 11.6 Å². The van der Waals surface area contributed by atoms with Gasteiger partial charge in [-0.1, -0.05) is 50.0 Å². The second-order valence-electron chi connectivity index (χ2n) is 13.0. The molecule has 43 heavy (non-hydrogen) atoms. The van der Waals surface area contributed by atoms with E-state index in [1.54, 1.807) is 0 Å². The molecule has 3 aliphatic rings. The van der Waals surface area contributed by atoms with Crippen molar-refractivity contribution in [2.24, 2.45) is 17.8 Å². The first-order valence-corrected chi connectivity index (χ1v) is 18.8. The average molecular weight is 646 g/mol. The maximum absolute atomic E-state index is 11.8. The van der Waals surface area contributed by atoms with Crippen LogP contribution in [0.3, 0.4) is 0 Å². The molecule has 0 radical (unpaired) electrons. The fourth-order valence-corrected chi connectivity index (χ4v) is 7.29. The van der Waals surface area contributed by atoms with Gasteiger partial charge in [0, 0.05) is 30.9 Å². The minimum atomic E-state index is -3.50. The summed E-state index contributed by atoms with van der Waals surface area (Å²) in [7, 11) is -3.50. The summed E-state index contributed by atoms with van der Waals surface area (Å²) >= 11 is 7.02. The molecule has 3 rings (SSSR count). The van der Waals surface area contributed by atoms with Gasteiger partial charge in [-0.2, -0.15) is 0 Å². The van der Waals surface area contributed by atoms with Crippen LogP contribution in [0.25, 0.3) is 0 Å². The molecule has 1 aliphatic carbocycles. The summed E-state index contributed by atoms with van der Waals surface area (Å²) < 4.78 is 49.6. The molecule has 0 aromatic carbocycles. The Bertz CT molecular complexity index is 987. The lowest BCUT2D eigenvalue weighted by Gasteiger charge is -2.31. The molecule has 0 aromatic heterocycles. The first-order chi connectivity index (χ1) is 20.5. The van der Waals surface area contributed by atoms with Crippen LogP contribution >= 0.6 is 11.6 Å². The number of allylic oxidation sites excluding steroid dienone is 2. The molecule has 0 spiro atoms. The van der Waals surface area contributed by atoms with E-state index in [1.807, 2.05) is 4.72 Å². The zero-order valence-corrected chi connectivity index (χ0v) is 28.4. The predicted molar refractivity (Wildman–Crippen MR) is 171 cm³/mol. The van der Waals surface area contributed by atoms with E-state index < -0.39 is 15.9 Å². The van der Waals surface area contributed by atoms with E-state index in [2.05, 4.69) is 39.0 Å². The Morgan fingerprint density at radius 2 is 1.70 bits per heavy atom. The number of hydrogen-bond donors (Lipinski definition) is 1. The lowest BCUT2D eigenvalue weighted by molar-refractivity contribution is -0.193. The summed E-state index contributed by atoms with van der Waals surface area (Å²) in [6.45, 7) is 8.00. The minimum absolute atomic E-state index is 0.00734. The predicted octanol–water partition coefficient (Wildman–Crippen LogP) is 7.02. The number of sulfonamides is 1. The number of rotatable bonds is 17. The molecule has 1 saturated carbocycles. The fraction of sp³-hybridized carbons (Fsp3) is 0.848. The topological polar surface area (TPSA) is 100 Å². The van der Waals surface area contributed by atoms with Crippen LogP contribution in [-0.4, -0.2) is 64.0 Å². The third-order valence-electron chi connectivity index (χ3n) is 8.73. The van der Waals surface area contributed by atoms with Crippen molar-refractivity contribution in [3.63, 3.8) is 0 Å². The van der Waals surface area contributed by atoms with Crippen LogP contribution in [0.5, 0.6) is 0 Å². The Hall–Kier alpha value is -0.970. The minimum Gasteiger partial charge on any atom is -0.353 e. The van der Waals surface area contributed by atoms with E-state index in [0.29, 0.717) is 12.3 Å². The smallest absolute Gasteiger partial charge is 0.233 e. The zero-order chi connectivity index (χ0) is 31.2. The van der Waals surface area contributed by atoms with Crippen molar-refractivity contribution >= 4 is 27.5 Å². The first-order valence-electron chi connectivity index (χ1n) is 16.5. The number of ether oxygens (including phenoxy) is 4. The molecule has 3 unspecified atom stereocenters. The van der Waals surface area contributed by atoms with E-state index in [9.17, 15) is 13.2 Å². The summed E-state index contributed by atoms with van der Waals surface area (Å²) in [5.41, 5.74) is 1.31. The lowest BCUT2D eigenvalue weighted by Crippen LogP contribution is -2.32. The molecule has 0 bridgehead atoms. The van der Waals surface area contributed by atoms with E-state index >= 15 is 0 Å². The van der Waals surface area contributed by atoms with Crippen molar-refractivity contribution in [2.45, 2.75) is 141 Å². The zero-order valence-electron chi connectivity index (χ0n) is 26.8. The number of halogens is 1. The monoisotopic (exact) mass is 645 g/mol. The van der Waals surface area contributed by atoms with Gasteiger partial charge in [0.25, 0.3) is 0 Å². The standard InChI is InChI=1S/C33H56ClNO7S/c1-24(2)17-18-25(3)29(41-32-15-9-11-21-39-32)20-19-27-26(13-7-5-6-8-14-31(36)35-43(4,37)38)28(34)23-30(27)42-33-16-10-12-22-40-33/h17,19-20,25-30,32-33H,5-16,18,21-23H2,1-4H3,(H,35,36)/t25?,26-,27-,28-,29-,30-,32?,33?/m1/s1. The SMILES string of the molecule is CC(C)=CCC(C)[C@@H](C=C[C@@H]1[C@@H](CCCCCCC(=O)NS(C)(=O)=O)[C@H](Cl)C[C@H]1OC1CCCCO1)OC1CCCCO1. The molecule has 2 aliphatic heterocycles. The third kappa shape index (κ3) is 13.9. The normalized spacial score (nSPS) is 29.8. The number of alkyl halides is 1. The van der Waals surface area contributed by atoms with Crippen molar-refractivity contribution in [1.82, 2.24) is 4.72 Å². The van der Waals surface area contributed by atoms with Crippen LogP contribution in [0, 0.1) is 17.8 Å². The van der Waals surface area contributed by atoms with Gasteiger partial charge in [0.05, 0.1) is 18.5 Å². The van der Waals surface area contributed by atoms with Gasteiger partial charge in [0.15, 0.2) is 12.6 Å². The highest BCUT2D eigenvalue weighted by molar-refractivity contribution is 7.89. The maximum Gasteiger partial charge on any atom is 0.233 e. The van der Waals surface area contributed by atoms with Crippen LogP contribution in [0.2, 0.25) is 0 Å². The summed E-state index contributed by atoms with van der Waals surface area (Å²) in [5, 5.41) is 0.00734. The molecule has 2 heterocycles. The second-order valence-corrected chi connectivity index (χ2v) is 15.3. The molecule has 10 heteroatoms. The number of amides is 1. The summed E-state index contributed by atoms with van der Waals surface area (Å²) in [4.78, 5) is 11.8. The quantitative estimate of drug-likeness (QED) is 0.103. The number of unbranched alkanes of at least 4 members (excludes halogenated alkanes) is 3. The molecule has 1 amide bonds. The average Bonchev–Trinajstić information content (AvgIpc) is 3.24. The van der Waals surface area contributed by atoms with Gasteiger partial charge in [-0.3, -0.25) is 9.52 Å².